The molecule has 0 bridgehead atoms. The molecule has 0 spiro atoms. The maximum atomic E-state index is 2.41. The minimum Gasteiger partial charge on any atom is -0.0651 e. The van der Waals surface area contributed by atoms with Crippen molar-refractivity contribution in [3.8, 4) is 0 Å². The molecule has 1 atom stereocenters. The third-order valence-corrected chi connectivity index (χ3v) is 3.57. The van der Waals surface area contributed by atoms with E-state index in [2.05, 4.69) is 27.7 Å². The quantitative estimate of drug-likeness (QED) is 0.563. The zero-order valence-corrected chi connectivity index (χ0v) is 7.78. The molecule has 10 heavy (non-hydrogen) atoms. The highest BCUT2D eigenvalue weighted by Gasteiger charge is 2.48. The van der Waals surface area contributed by atoms with Gasteiger partial charge in [0.05, 0.1) is 0 Å². The van der Waals surface area contributed by atoms with Crippen LogP contribution in [0.1, 0.15) is 47.0 Å². The van der Waals surface area contributed by atoms with Gasteiger partial charge in [0.1, 0.15) is 0 Å². The molecule has 1 unspecified atom stereocenters. The lowest BCUT2D eigenvalue weighted by atomic mass is 9.80. The van der Waals surface area contributed by atoms with Crippen LogP contribution in [0.5, 0.6) is 0 Å². The van der Waals surface area contributed by atoms with E-state index in [0.717, 1.165) is 17.3 Å². The van der Waals surface area contributed by atoms with Crippen LogP contribution in [0.4, 0.5) is 0 Å². The third-order valence-electron chi connectivity index (χ3n) is 3.57. The number of hydrogen-bond donors (Lipinski definition) is 0. The molecule has 60 valence electrons. The molecule has 0 N–H and O–H groups in total. The van der Waals surface area contributed by atoms with E-state index < -0.39 is 0 Å². The minimum absolute atomic E-state index is 0.759. The average Bonchev–Trinajstić information content (AvgIpc) is 2.65. The summed E-state index contributed by atoms with van der Waals surface area (Å²) < 4.78 is 0. The molecule has 0 nitrogen and oxygen atoms in total. The Morgan fingerprint density at radius 2 is 1.70 bits per heavy atom. The summed E-state index contributed by atoms with van der Waals surface area (Å²) in [5.74, 6) is 1.86. The molecule has 0 aromatic carbocycles. The Balaban J connectivity index is 2.51. The molecule has 0 amide bonds. The first-order valence-corrected chi connectivity index (χ1v) is 4.63. The van der Waals surface area contributed by atoms with Gasteiger partial charge in [-0.15, -0.1) is 0 Å². The van der Waals surface area contributed by atoms with Crippen molar-refractivity contribution in [1.29, 1.82) is 0 Å². The minimum atomic E-state index is 0.759. The van der Waals surface area contributed by atoms with Gasteiger partial charge >= 0.3 is 0 Å². The molecule has 0 radical (unpaired) electrons. The van der Waals surface area contributed by atoms with Crippen LogP contribution in [0.25, 0.3) is 0 Å². The zero-order valence-electron chi connectivity index (χ0n) is 7.78. The van der Waals surface area contributed by atoms with Gasteiger partial charge in [-0.25, -0.2) is 0 Å². The first kappa shape index (κ1) is 8.10. The molecule has 1 fully saturated rings. The van der Waals surface area contributed by atoms with Crippen molar-refractivity contribution >= 4 is 0 Å². The van der Waals surface area contributed by atoms with Gasteiger partial charge in [0, 0.05) is 0 Å². The fourth-order valence-electron chi connectivity index (χ4n) is 2.19. The van der Waals surface area contributed by atoms with Crippen molar-refractivity contribution < 1.29 is 0 Å². The Hall–Kier alpha value is 0. The summed E-state index contributed by atoms with van der Waals surface area (Å²) in [4.78, 5) is 0. The van der Waals surface area contributed by atoms with E-state index in [1.165, 1.54) is 19.3 Å². The van der Waals surface area contributed by atoms with Crippen LogP contribution >= 0.6 is 0 Å². The van der Waals surface area contributed by atoms with Gasteiger partial charge < -0.3 is 0 Å². The number of hydrogen-bond acceptors (Lipinski definition) is 0. The summed E-state index contributed by atoms with van der Waals surface area (Å²) in [5, 5.41) is 0. The molecule has 0 aliphatic heterocycles. The molecule has 1 aliphatic rings. The van der Waals surface area contributed by atoms with Crippen molar-refractivity contribution in [2.75, 3.05) is 0 Å². The summed E-state index contributed by atoms with van der Waals surface area (Å²) in [6.45, 7) is 9.47. The van der Waals surface area contributed by atoms with Crippen LogP contribution in [-0.2, 0) is 0 Å². The Labute approximate surface area is 65.0 Å². The monoisotopic (exact) mass is 140 g/mol. The van der Waals surface area contributed by atoms with E-state index in [0.29, 0.717) is 0 Å². The van der Waals surface area contributed by atoms with Gasteiger partial charge in [0.15, 0.2) is 0 Å². The molecule has 0 saturated heterocycles. The second kappa shape index (κ2) is 2.56. The van der Waals surface area contributed by atoms with Crippen LogP contribution in [0.3, 0.4) is 0 Å². The van der Waals surface area contributed by atoms with Gasteiger partial charge in [-0.2, -0.15) is 0 Å². The molecule has 1 rings (SSSR count). The van der Waals surface area contributed by atoms with Gasteiger partial charge in [-0.05, 0) is 30.1 Å². The van der Waals surface area contributed by atoms with Gasteiger partial charge in [-0.1, -0.05) is 34.1 Å². The smallest absolute Gasteiger partial charge is 0.0248 e. The fraction of sp³-hybridized carbons (Fsp3) is 1.00. The first-order valence-electron chi connectivity index (χ1n) is 4.63. The van der Waals surface area contributed by atoms with Crippen molar-refractivity contribution in [2.24, 2.45) is 17.3 Å². The van der Waals surface area contributed by atoms with Crippen molar-refractivity contribution in [2.45, 2.75) is 47.0 Å². The predicted octanol–water partition coefficient (Wildman–Crippen LogP) is 3.47. The molecule has 0 aromatic rings. The van der Waals surface area contributed by atoms with Crippen LogP contribution < -0.4 is 0 Å². The molecular weight excluding hydrogens is 120 g/mol. The van der Waals surface area contributed by atoms with E-state index in [9.17, 15) is 0 Å². The highest BCUT2D eigenvalue weighted by Crippen LogP contribution is 2.58. The van der Waals surface area contributed by atoms with Crippen LogP contribution in [0.15, 0.2) is 0 Å². The Morgan fingerprint density at radius 3 is 1.80 bits per heavy atom. The Bertz CT molecular complexity index is 109. The largest absolute Gasteiger partial charge is 0.0651 e. The zero-order chi connectivity index (χ0) is 7.78. The van der Waals surface area contributed by atoms with Gasteiger partial charge in [0.2, 0.25) is 0 Å². The van der Waals surface area contributed by atoms with Crippen molar-refractivity contribution in [3.63, 3.8) is 0 Å². The van der Waals surface area contributed by atoms with E-state index in [1.807, 2.05) is 0 Å². The van der Waals surface area contributed by atoms with Gasteiger partial charge in [0.25, 0.3) is 0 Å². The standard InChI is InChI=1S/C10H20/c1-5-9(4)10(6-7-10)8(2)3/h8-9H,5-7H2,1-4H3. The van der Waals surface area contributed by atoms with Crippen LogP contribution in [0, 0.1) is 17.3 Å². The van der Waals surface area contributed by atoms with E-state index in [-0.39, 0.29) is 0 Å². The highest BCUT2D eigenvalue weighted by atomic mass is 14.5. The number of rotatable bonds is 3. The topological polar surface area (TPSA) is 0 Å². The molecular formula is C10H20. The van der Waals surface area contributed by atoms with Crippen LogP contribution in [-0.4, -0.2) is 0 Å². The highest BCUT2D eigenvalue weighted by molar-refractivity contribution is 4.98. The van der Waals surface area contributed by atoms with Crippen LogP contribution in [0.2, 0.25) is 0 Å². The summed E-state index contributed by atoms with van der Waals surface area (Å²) in [5.41, 5.74) is 0.759. The summed E-state index contributed by atoms with van der Waals surface area (Å²) >= 11 is 0. The lowest BCUT2D eigenvalue weighted by molar-refractivity contribution is 0.236. The maximum absolute atomic E-state index is 2.41. The summed E-state index contributed by atoms with van der Waals surface area (Å²) in [6, 6.07) is 0. The van der Waals surface area contributed by atoms with E-state index in [1.54, 1.807) is 0 Å². The second-order valence-corrected chi connectivity index (χ2v) is 4.20. The second-order valence-electron chi connectivity index (χ2n) is 4.20. The van der Waals surface area contributed by atoms with Crippen molar-refractivity contribution in [3.05, 3.63) is 0 Å². The molecule has 0 heterocycles. The van der Waals surface area contributed by atoms with E-state index in [4.69, 9.17) is 0 Å². The fourth-order valence-corrected chi connectivity index (χ4v) is 2.19. The molecule has 0 aromatic heterocycles. The van der Waals surface area contributed by atoms with E-state index >= 15 is 0 Å². The summed E-state index contributed by atoms with van der Waals surface area (Å²) in [6.07, 6.45) is 4.33. The summed E-state index contributed by atoms with van der Waals surface area (Å²) in [7, 11) is 0. The Kier molecular flexibility index (Phi) is 2.07. The first-order chi connectivity index (χ1) is 4.63. The normalized spacial score (nSPS) is 24.9. The van der Waals surface area contributed by atoms with Gasteiger partial charge in [-0.3, -0.25) is 0 Å². The molecule has 1 saturated carbocycles. The predicted molar refractivity (Wildman–Crippen MR) is 46.0 cm³/mol. The Morgan fingerprint density at radius 1 is 1.20 bits per heavy atom. The lowest BCUT2D eigenvalue weighted by Crippen LogP contribution is -2.18. The SMILES string of the molecule is CCC(C)C1(C(C)C)CC1. The third kappa shape index (κ3) is 1.09. The average molecular weight is 140 g/mol. The maximum Gasteiger partial charge on any atom is -0.0248 e. The lowest BCUT2D eigenvalue weighted by Gasteiger charge is -2.25. The molecule has 0 heteroatoms. The molecule has 1 aliphatic carbocycles. The van der Waals surface area contributed by atoms with Crippen molar-refractivity contribution in [1.82, 2.24) is 0 Å².